The minimum atomic E-state index is -1.84. The summed E-state index contributed by atoms with van der Waals surface area (Å²) in [5.41, 5.74) is 6.14. The Hall–Kier alpha value is -8.24. The van der Waals surface area contributed by atoms with Gasteiger partial charge < -0.3 is 61.3 Å². The fourth-order valence-electron chi connectivity index (χ4n) is 11.2. The van der Waals surface area contributed by atoms with Crippen molar-refractivity contribution >= 4 is 91.6 Å². The molecule has 3 aromatic carbocycles. The highest BCUT2D eigenvalue weighted by atomic mass is 33.1. The number of nitrogens with one attached hydrogen (secondary N) is 5. The Morgan fingerprint density at radius 3 is 2.48 bits per heavy atom. The van der Waals surface area contributed by atoms with Crippen LogP contribution in [-0.2, 0) is 46.4 Å². The number of nitrogens with two attached hydrogens (primary N) is 1. The van der Waals surface area contributed by atoms with Crippen molar-refractivity contribution in [3.05, 3.63) is 128 Å². The van der Waals surface area contributed by atoms with Crippen molar-refractivity contribution in [2.24, 2.45) is 5.92 Å². The molecule has 1 saturated carbocycles. The van der Waals surface area contributed by atoms with E-state index in [0.29, 0.717) is 35.3 Å². The number of aromatic amines is 1. The molecule has 466 valence electrons. The number of carboxylic acid groups (broad SMARTS) is 1. The molecule has 4 aliphatic rings. The van der Waals surface area contributed by atoms with E-state index in [0.717, 1.165) is 36.5 Å². The number of aliphatic hydroxyl groups excluding tert-OH is 1. The average Bonchev–Trinajstić information content (AvgIpc) is 1.04. The van der Waals surface area contributed by atoms with Gasteiger partial charge in [0.1, 0.15) is 36.1 Å². The van der Waals surface area contributed by atoms with Crippen molar-refractivity contribution in [1.29, 1.82) is 0 Å². The van der Waals surface area contributed by atoms with Gasteiger partial charge in [-0.2, -0.15) is 4.98 Å². The zero-order valence-corrected chi connectivity index (χ0v) is 50.2. The number of aliphatic hydroxyl groups is 2. The molecule has 0 bridgehead atoms. The first-order chi connectivity index (χ1) is 42.2. The number of hydrogen-bond donors (Lipinski definition) is 9. The summed E-state index contributed by atoms with van der Waals surface area (Å²) in [7, 11) is 3.70. The number of H-pyrrole nitrogens is 1. The number of ketones is 3. The molecule has 2 heterocycles. The number of carbonyl (C=O) groups excluding carboxylic acids is 7. The van der Waals surface area contributed by atoms with Crippen molar-refractivity contribution in [1.82, 2.24) is 35.9 Å². The van der Waals surface area contributed by atoms with E-state index in [-0.39, 0.29) is 113 Å². The molecule has 1 unspecified atom stereocenters. The number of fused-ring (bicyclic) bond motifs is 4. The number of rotatable bonds is 23. The molecular formula is C61H69N9O16S2. The number of esters is 1. The number of aromatic nitrogens is 4. The molecule has 4 aliphatic carbocycles. The fraction of sp³-hybridized carbons (Fsp3) is 0.443. The average molecular weight is 1250 g/mol. The minimum absolute atomic E-state index is 0.0214. The Balaban J connectivity index is 0.741. The van der Waals surface area contributed by atoms with E-state index in [9.17, 15) is 58.5 Å². The van der Waals surface area contributed by atoms with Gasteiger partial charge in [-0.05, 0) is 117 Å². The highest BCUT2D eigenvalue weighted by molar-refractivity contribution is 8.76. The predicted octanol–water partition coefficient (Wildman–Crippen LogP) is 5.23. The Morgan fingerprint density at radius 1 is 0.932 bits per heavy atom. The highest BCUT2D eigenvalue weighted by Gasteiger charge is 2.46. The second-order valence-corrected chi connectivity index (χ2v) is 24.9. The van der Waals surface area contributed by atoms with E-state index < -0.39 is 101 Å². The fourth-order valence-corrected chi connectivity index (χ4v) is 13.2. The molecule has 10 N–H and O–H groups in total. The Morgan fingerprint density at radius 2 is 1.72 bits per heavy atom. The van der Waals surface area contributed by atoms with Crippen molar-refractivity contribution in [3.8, 4) is 5.75 Å². The number of anilines is 2. The van der Waals surface area contributed by atoms with E-state index in [1.165, 1.54) is 43.2 Å². The largest absolute Gasteiger partial charge is 0.496 e. The number of Topliss-reactive ketones (excluding diaryl/α,β-unsaturated/α-hetero) is 1. The van der Waals surface area contributed by atoms with E-state index in [1.807, 2.05) is 12.2 Å². The second kappa shape index (κ2) is 28.7. The maximum atomic E-state index is 14.0. The van der Waals surface area contributed by atoms with Crippen LogP contribution in [-0.4, -0.2) is 150 Å². The number of benzene rings is 3. The van der Waals surface area contributed by atoms with Crippen LogP contribution in [0.15, 0.2) is 77.7 Å². The summed E-state index contributed by atoms with van der Waals surface area (Å²) in [6.07, 6.45) is 5.12. The quantitative estimate of drug-likeness (QED) is 0.0171. The first kappa shape index (κ1) is 64.2. The number of nitrogens with zero attached hydrogens (tertiary/aromatic N) is 3. The number of ether oxygens (including phenoxy) is 4. The molecule has 0 radical (unpaired) electrons. The van der Waals surface area contributed by atoms with Gasteiger partial charge in [0.2, 0.25) is 11.9 Å². The number of aliphatic carboxylic acids is 1. The van der Waals surface area contributed by atoms with Crippen LogP contribution >= 0.6 is 21.6 Å². The maximum absolute atomic E-state index is 14.0. The minimum Gasteiger partial charge on any atom is -0.496 e. The molecule has 5 aromatic rings. The number of carbonyl (C=O) groups is 8. The molecule has 25 nitrogen and oxygen atoms in total. The van der Waals surface area contributed by atoms with Crippen molar-refractivity contribution in [2.45, 2.75) is 139 Å². The van der Waals surface area contributed by atoms with Crippen molar-refractivity contribution in [2.75, 3.05) is 36.3 Å². The summed E-state index contributed by atoms with van der Waals surface area (Å²) in [4.78, 5) is 134. The van der Waals surface area contributed by atoms with Crippen LogP contribution < -0.4 is 37.3 Å². The van der Waals surface area contributed by atoms with Gasteiger partial charge in [-0.15, -0.1) is 0 Å². The first-order valence-corrected chi connectivity index (χ1v) is 31.4. The molecule has 88 heavy (non-hydrogen) atoms. The summed E-state index contributed by atoms with van der Waals surface area (Å²) in [6.45, 7) is 3.12. The summed E-state index contributed by atoms with van der Waals surface area (Å²) >= 11 is 0. The molecule has 2 aromatic heterocycles. The van der Waals surface area contributed by atoms with Gasteiger partial charge in [-0.3, -0.25) is 33.8 Å². The molecule has 3 amide bonds. The Labute approximate surface area is 512 Å². The monoisotopic (exact) mass is 1250 g/mol. The van der Waals surface area contributed by atoms with E-state index in [1.54, 1.807) is 49.4 Å². The van der Waals surface area contributed by atoms with Crippen molar-refractivity contribution < 1.29 is 72.6 Å². The van der Waals surface area contributed by atoms with Gasteiger partial charge in [0.25, 0.3) is 11.5 Å². The van der Waals surface area contributed by atoms with Crippen LogP contribution in [0.5, 0.6) is 5.75 Å². The lowest BCUT2D eigenvalue weighted by Gasteiger charge is -2.42. The zero-order valence-electron chi connectivity index (χ0n) is 48.5. The number of carboxylic acids is 1. The molecule has 0 aliphatic heterocycles. The van der Waals surface area contributed by atoms with Crippen molar-refractivity contribution in [3.63, 3.8) is 0 Å². The number of hydrogen-bond acceptors (Lipinski definition) is 22. The lowest BCUT2D eigenvalue weighted by atomic mass is 9.73. The van der Waals surface area contributed by atoms with Crippen LogP contribution in [0.3, 0.4) is 0 Å². The van der Waals surface area contributed by atoms with Crippen LogP contribution in [0, 0.1) is 5.92 Å². The topological polar surface area (TPSA) is 380 Å². The number of allylic oxidation sites excluding steroid dienone is 1. The standard InChI is InChI=1S/C61H69N9O16S2/c1-31-22-38(85-47-27-61(82,32(2)71)26-34-23-41-42(25-40(34)47)53(75)49-39(52(41)74)12-9-13-46(49)83-3)24-44(51(31)73)68-60(81)84-20-21-87-88-30-45(57(78)79)66-48(72)19-18-43(58(80)86-37-10-7-5-4-6-8-11-37)67-55(76)33-14-16-35(17-15-33)63-28-36-29-64-54-50(65-36)56(77)70-59(62)69-54/h7,9-10,12-17,23,25,29,31,37-38,43-45,47,51,63,73,82H,4-6,8,11,18-22,24,26-28,30H2,1-3H3,(H,66,72)(H,67,76)(H,68,81)(H,78,79)(H3,62,64,69,70,77)/b10-7+/t31-,37?,38-,43-,44-,45-,47+,51-,61+/m1/s1. The van der Waals surface area contributed by atoms with Gasteiger partial charge in [-0.1, -0.05) is 53.1 Å². The molecule has 0 saturated heterocycles. The highest BCUT2D eigenvalue weighted by Crippen LogP contribution is 2.44. The molecule has 27 heteroatoms. The van der Waals surface area contributed by atoms with E-state index in [2.05, 4.69) is 41.2 Å². The second-order valence-electron chi connectivity index (χ2n) is 22.3. The maximum Gasteiger partial charge on any atom is 0.407 e. The molecule has 9 rings (SSSR count). The van der Waals surface area contributed by atoms with Gasteiger partial charge >= 0.3 is 18.0 Å². The Kier molecular flexibility index (Phi) is 21.0. The summed E-state index contributed by atoms with van der Waals surface area (Å²) in [6, 6.07) is 10.7. The first-order valence-electron chi connectivity index (χ1n) is 28.9. The Bertz CT molecular complexity index is 3590. The van der Waals surface area contributed by atoms with Gasteiger partial charge in [-0.25, -0.2) is 24.4 Å². The van der Waals surface area contributed by atoms with Gasteiger partial charge in [0.05, 0.1) is 55.5 Å². The number of alkyl carbamates (subject to hydrolysis) is 1. The smallest absolute Gasteiger partial charge is 0.407 e. The van der Waals surface area contributed by atoms with Crippen LogP contribution in [0.1, 0.15) is 143 Å². The normalized spacial score (nSPS) is 22.4. The number of methoxy groups -OCH3 is 1. The van der Waals surface area contributed by atoms with Gasteiger partial charge in [0, 0.05) is 58.7 Å². The number of amides is 3. The summed E-state index contributed by atoms with van der Waals surface area (Å²) in [5.74, 6) is -4.83. The third-order valence-corrected chi connectivity index (χ3v) is 18.4. The third kappa shape index (κ3) is 15.5. The lowest BCUT2D eigenvalue weighted by molar-refractivity contribution is -0.150. The van der Waals surface area contributed by atoms with E-state index in [4.69, 9.17) is 24.7 Å². The number of nitrogen functional groups attached to an aromatic ring is 1. The van der Waals surface area contributed by atoms with Crippen LogP contribution in [0.2, 0.25) is 0 Å². The third-order valence-electron chi connectivity index (χ3n) is 16.0. The summed E-state index contributed by atoms with van der Waals surface area (Å²) in [5, 5.41) is 44.0. The van der Waals surface area contributed by atoms with Crippen LogP contribution in [0.25, 0.3) is 11.2 Å². The van der Waals surface area contributed by atoms with Gasteiger partial charge in [0.15, 0.2) is 28.5 Å². The predicted molar refractivity (Wildman–Crippen MR) is 324 cm³/mol. The lowest BCUT2D eigenvalue weighted by Crippen LogP contribution is -2.53. The van der Waals surface area contributed by atoms with Crippen LogP contribution in [0.4, 0.5) is 16.4 Å². The van der Waals surface area contributed by atoms with E-state index >= 15 is 0 Å². The molecule has 9 atom stereocenters. The summed E-state index contributed by atoms with van der Waals surface area (Å²) < 4.78 is 23.3. The molecular weight excluding hydrogens is 1180 g/mol. The SMILES string of the molecule is COc1cccc2c1C(=O)c1cc3c(cc1C2=O)C[C@@](O)(C(C)=O)C[C@@H]3O[C@@H]1C[C@@H](C)[C@@H](O)[C@H](NC(=O)OCCSSC[C@@H](NC(=O)CC[C@@H](NC(=O)c2ccc(NCc3cnc4nc(N)[nH]c(=O)c4n3)cc2)C(=O)OC2/C=C/CCCCC2)C(=O)O)C1. The zero-order chi connectivity index (χ0) is 62.8. The molecule has 1 fully saturated rings. The molecule has 0 spiro atoms.